The Morgan fingerprint density at radius 3 is 2.28 bits per heavy atom. The van der Waals surface area contributed by atoms with Crippen molar-refractivity contribution in [3.63, 3.8) is 0 Å². The van der Waals surface area contributed by atoms with Crippen molar-refractivity contribution in [3.8, 4) is 17.2 Å². The monoisotopic (exact) mass is 478 g/mol. The van der Waals surface area contributed by atoms with Crippen molar-refractivity contribution in [1.82, 2.24) is 0 Å². The van der Waals surface area contributed by atoms with Crippen LogP contribution < -0.4 is 19.7 Å². The zero-order valence-electron chi connectivity index (χ0n) is 20.6. The maximum atomic E-state index is 12.4. The number of carbonyl (C=O) groups excluding carboxylic acids is 1. The van der Waals surface area contributed by atoms with E-state index < -0.39 is 6.09 Å². The van der Waals surface area contributed by atoms with Gasteiger partial charge in [-0.15, -0.1) is 0 Å². The molecule has 1 amide bonds. The average Bonchev–Trinajstić information content (AvgIpc) is 3.28. The highest BCUT2D eigenvalue weighted by Crippen LogP contribution is 2.33. The molecule has 0 spiro atoms. The van der Waals surface area contributed by atoms with Crippen molar-refractivity contribution in [3.05, 3.63) is 114 Å². The number of para-hydroxylation sites is 1. The third-order valence-corrected chi connectivity index (χ3v) is 6.35. The minimum absolute atomic E-state index is 0.449. The number of amides is 1. The van der Waals surface area contributed by atoms with Gasteiger partial charge in [0.25, 0.3) is 0 Å². The predicted molar refractivity (Wildman–Crippen MR) is 144 cm³/mol. The first-order valence-corrected chi connectivity index (χ1v) is 12.3. The molecular weight excluding hydrogens is 448 g/mol. The zero-order valence-corrected chi connectivity index (χ0v) is 20.6. The van der Waals surface area contributed by atoms with E-state index in [1.165, 1.54) is 22.4 Å². The van der Waals surface area contributed by atoms with Crippen LogP contribution in [0.15, 0.2) is 97.1 Å². The maximum Gasteiger partial charge on any atom is 0.417 e. The van der Waals surface area contributed by atoms with Crippen LogP contribution in [0.5, 0.6) is 17.2 Å². The van der Waals surface area contributed by atoms with Gasteiger partial charge in [0.15, 0.2) is 0 Å². The molecule has 0 unspecified atom stereocenters. The summed E-state index contributed by atoms with van der Waals surface area (Å²) in [5.74, 6) is 2.65. The molecule has 5 heteroatoms. The molecule has 0 radical (unpaired) electrons. The van der Waals surface area contributed by atoms with E-state index in [9.17, 15) is 4.79 Å². The van der Waals surface area contributed by atoms with E-state index in [4.69, 9.17) is 9.47 Å². The molecule has 0 atom stereocenters. The highest BCUT2D eigenvalue weighted by molar-refractivity contribution is 5.86. The molecule has 0 aromatic heterocycles. The van der Waals surface area contributed by atoms with Crippen LogP contribution in [0.25, 0.3) is 0 Å². The molecule has 0 bridgehead atoms. The normalized spacial score (nSPS) is 12.4. The topological polar surface area (TPSA) is 50.8 Å². The number of nitrogens with one attached hydrogen (secondary N) is 1. The fourth-order valence-electron chi connectivity index (χ4n) is 4.38. The fraction of sp³-hybridized carbons (Fsp3) is 0.194. The number of fused-ring (bicyclic) bond motifs is 1. The van der Waals surface area contributed by atoms with Crippen LogP contribution in [0.4, 0.5) is 16.2 Å². The second-order valence-electron chi connectivity index (χ2n) is 9.31. The van der Waals surface area contributed by atoms with Gasteiger partial charge in [0.05, 0.1) is 0 Å². The summed E-state index contributed by atoms with van der Waals surface area (Å²) in [6.45, 7) is 6.02. The SMILES string of the molecule is CC(C)c1ccc(NC(=O)Oc2ccc3c(c2)CCN3Cc2ccc(Oc3ccccc3)cc2)cc1. The van der Waals surface area contributed by atoms with Gasteiger partial charge >= 0.3 is 6.09 Å². The third-order valence-electron chi connectivity index (χ3n) is 6.35. The Bertz CT molecular complexity index is 1320. The minimum atomic E-state index is -0.486. The quantitative estimate of drug-likeness (QED) is 0.295. The molecule has 0 saturated heterocycles. The van der Waals surface area contributed by atoms with Gasteiger partial charge in [-0.25, -0.2) is 4.79 Å². The van der Waals surface area contributed by atoms with Crippen LogP contribution in [-0.4, -0.2) is 12.6 Å². The molecule has 5 rings (SSSR count). The van der Waals surface area contributed by atoms with Gasteiger partial charge in [-0.2, -0.15) is 0 Å². The Balaban J connectivity index is 1.17. The number of rotatable bonds is 7. The van der Waals surface area contributed by atoms with Gasteiger partial charge in [0.2, 0.25) is 0 Å². The number of hydrogen-bond acceptors (Lipinski definition) is 4. The number of hydrogen-bond donors (Lipinski definition) is 1. The van der Waals surface area contributed by atoms with Crippen molar-refractivity contribution in [2.75, 3.05) is 16.8 Å². The van der Waals surface area contributed by atoms with Crippen molar-refractivity contribution in [2.24, 2.45) is 0 Å². The smallest absolute Gasteiger partial charge is 0.417 e. The van der Waals surface area contributed by atoms with E-state index in [-0.39, 0.29) is 0 Å². The van der Waals surface area contributed by atoms with Crippen LogP contribution >= 0.6 is 0 Å². The predicted octanol–water partition coefficient (Wildman–Crippen LogP) is 7.78. The summed E-state index contributed by atoms with van der Waals surface area (Å²) in [5, 5.41) is 2.80. The Morgan fingerprint density at radius 2 is 1.56 bits per heavy atom. The molecule has 1 N–H and O–H groups in total. The Morgan fingerprint density at radius 1 is 0.861 bits per heavy atom. The molecule has 5 nitrogen and oxygen atoms in total. The largest absolute Gasteiger partial charge is 0.457 e. The van der Waals surface area contributed by atoms with E-state index in [1.54, 1.807) is 0 Å². The van der Waals surface area contributed by atoms with Gasteiger partial charge in [-0.05, 0) is 83.6 Å². The summed E-state index contributed by atoms with van der Waals surface area (Å²) >= 11 is 0. The molecule has 4 aromatic rings. The van der Waals surface area contributed by atoms with Gasteiger partial charge < -0.3 is 14.4 Å². The van der Waals surface area contributed by atoms with E-state index >= 15 is 0 Å². The molecule has 36 heavy (non-hydrogen) atoms. The Labute approximate surface area is 212 Å². The number of benzene rings is 4. The molecular formula is C31H30N2O3. The highest BCUT2D eigenvalue weighted by atomic mass is 16.6. The third kappa shape index (κ3) is 5.69. The van der Waals surface area contributed by atoms with Crippen LogP contribution in [-0.2, 0) is 13.0 Å². The summed E-state index contributed by atoms with van der Waals surface area (Å²) in [4.78, 5) is 14.7. The second-order valence-corrected chi connectivity index (χ2v) is 9.31. The van der Waals surface area contributed by atoms with Gasteiger partial charge in [-0.3, -0.25) is 5.32 Å². The number of anilines is 2. The number of carbonyl (C=O) groups is 1. The lowest BCUT2D eigenvalue weighted by Crippen LogP contribution is -2.19. The first-order valence-electron chi connectivity index (χ1n) is 12.3. The number of ether oxygens (including phenoxy) is 2. The molecule has 182 valence electrons. The second kappa shape index (κ2) is 10.6. The van der Waals surface area contributed by atoms with Gasteiger partial charge in [-0.1, -0.05) is 56.3 Å². The summed E-state index contributed by atoms with van der Waals surface area (Å²) < 4.78 is 11.5. The van der Waals surface area contributed by atoms with E-state index in [0.29, 0.717) is 11.7 Å². The lowest BCUT2D eigenvalue weighted by molar-refractivity contribution is 0.215. The molecule has 0 aliphatic carbocycles. The summed E-state index contributed by atoms with van der Waals surface area (Å²) in [6, 6.07) is 31.7. The molecule has 1 aliphatic rings. The van der Waals surface area contributed by atoms with Crippen LogP contribution in [0.3, 0.4) is 0 Å². The highest BCUT2D eigenvalue weighted by Gasteiger charge is 2.20. The lowest BCUT2D eigenvalue weighted by Gasteiger charge is -2.20. The fourth-order valence-corrected chi connectivity index (χ4v) is 4.38. The average molecular weight is 479 g/mol. The lowest BCUT2D eigenvalue weighted by atomic mass is 10.0. The van der Waals surface area contributed by atoms with Crippen LogP contribution in [0.1, 0.15) is 36.5 Å². The van der Waals surface area contributed by atoms with E-state index in [2.05, 4.69) is 36.2 Å². The minimum Gasteiger partial charge on any atom is -0.457 e. The zero-order chi connectivity index (χ0) is 24.9. The molecule has 4 aromatic carbocycles. The van der Waals surface area contributed by atoms with E-state index in [1.807, 2.05) is 84.9 Å². The molecule has 0 fully saturated rings. The molecule has 0 saturated carbocycles. The maximum absolute atomic E-state index is 12.4. The van der Waals surface area contributed by atoms with Crippen molar-refractivity contribution in [2.45, 2.75) is 32.7 Å². The summed E-state index contributed by atoms with van der Waals surface area (Å²) in [7, 11) is 0. The van der Waals surface area contributed by atoms with E-state index in [0.717, 1.165) is 36.7 Å². The van der Waals surface area contributed by atoms with Crippen LogP contribution in [0, 0.1) is 0 Å². The summed E-state index contributed by atoms with van der Waals surface area (Å²) in [5.41, 5.74) is 5.53. The summed E-state index contributed by atoms with van der Waals surface area (Å²) in [6.07, 6.45) is 0.430. The van der Waals surface area contributed by atoms with Crippen LogP contribution in [0.2, 0.25) is 0 Å². The van der Waals surface area contributed by atoms with Crippen molar-refractivity contribution in [1.29, 1.82) is 0 Å². The standard InChI is InChI=1S/C31H30N2O3/c1-22(2)24-10-12-26(13-11-24)32-31(34)36-29-16-17-30-25(20-29)18-19-33(30)21-23-8-14-28(15-9-23)35-27-6-4-3-5-7-27/h3-17,20,22H,18-19,21H2,1-2H3,(H,32,34). The molecule has 1 heterocycles. The Kier molecular flexibility index (Phi) is 6.89. The molecule has 1 aliphatic heterocycles. The first kappa shape index (κ1) is 23.5. The van der Waals surface area contributed by atoms with Crippen molar-refractivity contribution >= 4 is 17.5 Å². The number of nitrogens with zero attached hydrogens (tertiary/aromatic N) is 1. The first-order chi connectivity index (χ1) is 17.5. The van der Waals surface area contributed by atoms with Gasteiger partial charge in [0.1, 0.15) is 17.2 Å². The van der Waals surface area contributed by atoms with Crippen molar-refractivity contribution < 1.29 is 14.3 Å². The van der Waals surface area contributed by atoms with Gasteiger partial charge in [0, 0.05) is 24.5 Å². The Hall–Kier alpha value is -4.25.